The fourth-order valence-electron chi connectivity index (χ4n) is 4.64. The Morgan fingerprint density at radius 1 is 1.11 bits per heavy atom. The van der Waals surface area contributed by atoms with E-state index in [0.717, 1.165) is 35.9 Å². The predicted octanol–water partition coefficient (Wildman–Crippen LogP) is 5.42. The minimum Gasteiger partial charge on any atom is -0.462 e. The molecular formula is C29H39N5O3. The molecule has 0 unspecified atom stereocenters. The molecule has 0 saturated heterocycles. The van der Waals surface area contributed by atoms with Gasteiger partial charge in [-0.2, -0.15) is 4.98 Å². The van der Waals surface area contributed by atoms with Crippen molar-refractivity contribution in [1.82, 2.24) is 9.97 Å². The van der Waals surface area contributed by atoms with E-state index in [-0.39, 0.29) is 5.97 Å². The van der Waals surface area contributed by atoms with Crippen LogP contribution < -0.4 is 16.4 Å². The van der Waals surface area contributed by atoms with Gasteiger partial charge >= 0.3 is 5.97 Å². The van der Waals surface area contributed by atoms with Crippen LogP contribution in [0.3, 0.4) is 0 Å². The van der Waals surface area contributed by atoms with Crippen LogP contribution in [-0.2, 0) is 11.3 Å². The molecule has 0 radical (unpaired) electrons. The Labute approximate surface area is 219 Å². The number of anilines is 3. The number of aliphatic hydroxyl groups excluding tert-OH is 1. The van der Waals surface area contributed by atoms with Crippen LogP contribution in [0.25, 0.3) is 11.1 Å². The second kappa shape index (κ2) is 14.2. The molecule has 0 amide bonds. The maximum Gasteiger partial charge on any atom is 0.338 e. The molecule has 1 heterocycles. The van der Waals surface area contributed by atoms with Gasteiger partial charge in [-0.15, -0.1) is 0 Å². The Balaban J connectivity index is 0.00000186. The maximum absolute atomic E-state index is 12.2. The van der Waals surface area contributed by atoms with Crippen LogP contribution >= 0.6 is 0 Å². The monoisotopic (exact) mass is 505 g/mol. The van der Waals surface area contributed by atoms with Gasteiger partial charge in [-0.25, -0.2) is 9.78 Å². The molecule has 1 aliphatic rings. The summed E-state index contributed by atoms with van der Waals surface area (Å²) in [6, 6.07) is 13.7. The minimum absolute atomic E-state index is 0.307. The molecule has 8 nitrogen and oxygen atoms in total. The van der Waals surface area contributed by atoms with Crippen LogP contribution in [0.2, 0.25) is 0 Å². The summed E-state index contributed by atoms with van der Waals surface area (Å²) >= 11 is 0. The van der Waals surface area contributed by atoms with Gasteiger partial charge in [0.2, 0.25) is 5.95 Å². The van der Waals surface area contributed by atoms with E-state index >= 15 is 0 Å². The van der Waals surface area contributed by atoms with Gasteiger partial charge < -0.3 is 26.2 Å². The van der Waals surface area contributed by atoms with Gasteiger partial charge in [0.25, 0.3) is 0 Å². The quantitative estimate of drug-likeness (QED) is 0.284. The molecule has 8 heteroatoms. The van der Waals surface area contributed by atoms with Gasteiger partial charge in [-0.05, 0) is 67.0 Å². The third-order valence-corrected chi connectivity index (χ3v) is 6.67. The average Bonchev–Trinajstić information content (AvgIpc) is 2.94. The van der Waals surface area contributed by atoms with Crippen LogP contribution in [0.1, 0.15) is 60.5 Å². The van der Waals surface area contributed by atoms with Gasteiger partial charge in [0.15, 0.2) is 5.82 Å². The number of nitrogen functional groups attached to an aromatic ring is 1. The second-order valence-electron chi connectivity index (χ2n) is 9.13. The summed E-state index contributed by atoms with van der Waals surface area (Å²) in [7, 11) is 1.00. The number of aromatic nitrogens is 2. The number of hydrogen-bond donors (Lipinski definition) is 4. The number of ether oxygens (including phenoxy) is 1. The van der Waals surface area contributed by atoms with Crippen LogP contribution in [0, 0.1) is 12.8 Å². The molecule has 37 heavy (non-hydrogen) atoms. The van der Waals surface area contributed by atoms with Gasteiger partial charge in [0.1, 0.15) is 0 Å². The maximum atomic E-state index is 12.2. The SMILES string of the molecule is CCOC(=O)c1cccc(-c2cccc(CNc3ncc(N)c(NCC4CCCCC4)n3)c2C)c1.CO. The summed E-state index contributed by atoms with van der Waals surface area (Å²) in [5, 5.41) is 13.8. The molecule has 0 aliphatic heterocycles. The molecule has 1 aliphatic carbocycles. The first kappa shape index (κ1) is 27.9. The fraction of sp³-hybridized carbons (Fsp3) is 0.414. The minimum atomic E-state index is -0.307. The smallest absolute Gasteiger partial charge is 0.338 e. The Hall–Kier alpha value is -3.65. The normalized spacial score (nSPS) is 13.3. The highest BCUT2D eigenvalue weighted by Crippen LogP contribution is 2.28. The molecule has 1 fully saturated rings. The van der Waals surface area contributed by atoms with Crippen molar-refractivity contribution in [3.8, 4) is 11.1 Å². The van der Waals surface area contributed by atoms with Crippen molar-refractivity contribution in [2.75, 3.05) is 36.6 Å². The van der Waals surface area contributed by atoms with E-state index in [2.05, 4.69) is 39.7 Å². The number of rotatable bonds is 9. The number of aliphatic hydroxyl groups is 1. The first-order valence-electron chi connectivity index (χ1n) is 13.0. The van der Waals surface area contributed by atoms with E-state index in [0.29, 0.717) is 42.1 Å². The van der Waals surface area contributed by atoms with Gasteiger partial charge in [0, 0.05) is 20.2 Å². The lowest BCUT2D eigenvalue weighted by atomic mass is 9.89. The van der Waals surface area contributed by atoms with E-state index in [1.165, 1.54) is 32.1 Å². The number of carbonyl (C=O) groups excluding carboxylic acids is 1. The van der Waals surface area contributed by atoms with Crippen molar-refractivity contribution in [2.24, 2.45) is 5.92 Å². The zero-order valence-corrected chi connectivity index (χ0v) is 22.1. The van der Waals surface area contributed by atoms with E-state index in [9.17, 15) is 4.79 Å². The lowest BCUT2D eigenvalue weighted by Crippen LogP contribution is -2.19. The molecule has 4 rings (SSSR count). The molecule has 198 valence electrons. The van der Waals surface area contributed by atoms with E-state index in [4.69, 9.17) is 15.6 Å². The van der Waals surface area contributed by atoms with Crippen LogP contribution in [-0.4, -0.2) is 41.3 Å². The summed E-state index contributed by atoms with van der Waals surface area (Å²) in [4.78, 5) is 21.2. The van der Waals surface area contributed by atoms with Crippen LogP contribution in [0.4, 0.5) is 17.5 Å². The largest absolute Gasteiger partial charge is 0.462 e. The zero-order valence-electron chi connectivity index (χ0n) is 22.1. The topological polar surface area (TPSA) is 122 Å². The number of hydrogen-bond acceptors (Lipinski definition) is 8. The molecule has 0 atom stereocenters. The highest BCUT2D eigenvalue weighted by molar-refractivity contribution is 5.91. The Morgan fingerprint density at radius 3 is 2.62 bits per heavy atom. The lowest BCUT2D eigenvalue weighted by molar-refractivity contribution is 0.0526. The molecule has 0 bridgehead atoms. The van der Waals surface area contributed by atoms with Crippen LogP contribution in [0.15, 0.2) is 48.7 Å². The number of benzene rings is 2. The predicted molar refractivity (Wildman–Crippen MR) is 150 cm³/mol. The summed E-state index contributed by atoms with van der Waals surface area (Å²) < 4.78 is 5.15. The number of esters is 1. The van der Waals surface area contributed by atoms with Crippen molar-refractivity contribution in [3.05, 3.63) is 65.4 Å². The Kier molecular flexibility index (Phi) is 10.7. The molecule has 5 N–H and O–H groups in total. The standard InChI is InChI=1S/C28H35N5O2.CH4O/c1-3-35-27(34)22-12-7-11-21(15-22)24-14-8-13-23(19(24)2)17-31-28-32-18-25(29)26(33-28)30-16-20-9-5-4-6-10-20;1-2/h7-8,11-15,18,20H,3-6,9-10,16-17,29H2,1-2H3,(H2,30,31,32,33);2H,1H3. The van der Waals surface area contributed by atoms with E-state index in [1.807, 2.05) is 31.2 Å². The van der Waals surface area contributed by atoms with Crippen LogP contribution in [0.5, 0.6) is 0 Å². The van der Waals surface area contributed by atoms with Gasteiger partial charge in [0.05, 0.1) is 24.1 Å². The number of nitrogens with two attached hydrogens (primary N) is 1. The first-order chi connectivity index (χ1) is 18.0. The average molecular weight is 506 g/mol. The molecule has 0 spiro atoms. The Bertz CT molecular complexity index is 1160. The highest BCUT2D eigenvalue weighted by atomic mass is 16.5. The first-order valence-corrected chi connectivity index (χ1v) is 13.0. The van der Waals surface area contributed by atoms with Crippen molar-refractivity contribution < 1.29 is 14.6 Å². The summed E-state index contributed by atoms with van der Waals surface area (Å²) in [5.74, 6) is 1.61. The Morgan fingerprint density at radius 2 is 1.86 bits per heavy atom. The van der Waals surface area contributed by atoms with Crippen molar-refractivity contribution in [1.29, 1.82) is 0 Å². The van der Waals surface area contributed by atoms with Crippen molar-refractivity contribution in [2.45, 2.75) is 52.5 Å². The number of carbonyl (C=O) groups is 1. The summed E-state index contributed by atoms with van der Waals surface area (Å²) in [6.07, 6.45) is 8.15. The molecule has 1 aromatic heterocycles. The van der Waals surface area contributed by atoms with Crippen molar-refractivity contribution >= 4 is 23.4 Å². The second-order valence-corrected chi connectivity index (χ2v) is 9.13. The molecule has 2 aromatic carbocycles. The van der Waals surface area contributed by atoms with Gasteiger partial charge in [-0.3, -0.25) is 0 Å². The molecule has 3 aromatic rings. The summed E-state index contributed by atoms with van der Waals surface area (Å²) in [5.41, 5.74) is 11.5. The number of nitrogens with zero attached hydrogens (tertiary/aromatic N) is 2. The highest BCUT2D eigenvalue weighted by Gasteiger charge is 2.15. The van der Waals surface area contributed by atoms with Crippen molar-refractivity contribution in [3.63, 3.8) is 0 Å². The van der Waals surface area contributed by atoms with E-state index in [1.54, 1.807) is 12.3 Å². The molecule has 1 saturated carbocycles. The van der Waals surface area contributed by atoms with Gasteiger partial charge in [-0.1, -0.05) is 49.6 Å². The fourth-order valence-corrected chi connectivity index (χ4v) is 4.64. The molecular weight excluding hydrogens is 466 g/mol. The zero-order chi connectivity index (χ0) is 26.6. The third-order valence-electron chi connectivity index (χ3n) is 6.67. The number of nitrogens with one attached hydrogen (secondary N) is 2. The third kappa shape index (κ3) is 7.67. The lowest BCUT2D eigenvalue weighted by Gasteiger charge is -2.22. The van der Waals surface area contributed by atoms with E-state index < -0.39 is 0 Å². The summed E-state index contributed by atoms with van der Waals surface area (Å²) in [6.45, 7) is 5.72.